The molecule has 0 amide bonds. The van der Waals surface area contributed by atoms with Crippen molar-refractivity contribution < 1.29 is 9.90 Å². The molecule has 0 saturated carbocycles. The van der Waals surface area contributed by atoms with Gasteiger partial charge in [0, 0.05) is 11.6 Å². The molecule has 128 valence electrons. The third-order valence-electron chi connectivity index (χ3n) is 3.92. The average molecular weight is 336 g/mol. The van der Waals surface area contributed by atoms with Gasteiger partial charge in [-0.25, -0.2) is 9.78 Å². The third-order valence-corrected chi connectivity index (χ3v) is 3.92. The van der Waals surface area contributed by atoms with Crippen LogP contribution in [0.5, 0.6) is 0 Å². The zero-order chi connectivity index (χ0) is 18.2. The van der Waals surface area contributed by atoms with Gasteiger partial charge in [0.1, 0.15) is 5.65 Å². The van der Waals surface area contributed by atoms with Crippen LogP contribution in [0.4, 0.5) is 11.5 Å². The first-order valence-corrected chi connectivity index (χ1v) is 8.00. The Hall–Kier alpha value is -3.02. The molecule has 6 heteroatoms. The highest BCUT2D eigenvalue weighted by Gasteiger charge is 2.24. The molecule has 3 rings (SSSR count). The van der Waals surface area contributed by atoms with Crippen LogP contribution in [0, 0.1) is 6.92 Å². The predicted octanol–water partition coefficient (Wildman–Crippen LogP) is 5.05. The van der Waals surface area contributed by atoms with Crippen LogP contribution >= 0.6 is 0 Å². The number of pyridine rings is 1. The van der Waals surface area contributed by atoms with Crippen LogP contribution in [0.25, 0.3) is 5.65 Å². The summed E-state index contributed by atoms with van der Waals surface area (Å²) in [6, 6.07) is 10.6. The van der Waals surface area contributed by atoms with E-state index in [4.69, 9.17) is 5.11 Å². The first-order chi connectivity index (χ1) is 11.8. The number of carboxylic acid groups (broad SMARTS) is 1. The Kier molecular flexibility index (Phi) is 4.12. The molecule has 0 aliphatic rings. The van der Waals surface area contributed by atoms with E-state index in [1.54, 1.807) is 12.1 Å². The topological polar surface area (TPSA) is 79.3 Å². The molecule has 0 bridgehead atoms. The van der Waals surface area contributed by atoms with Crippen LogP contribution < -0.4 is 0 Å². The van der Waals surface area contributed by atoms with Gasteiger partial charge in [0.15, 0.2) is 5.82 Å². The summed E-state index contributed by atoms with van der Waals surface area (Å²) in [7, 11) is 0. The molecule has 0 radical (unpaired) electrons. The quantitative estimate of drug-likeness (QED) is 0.679. The molecule has 1 N–H and O–H groups in total. The van der Waals surface area contributed by atoms with Crippen molar-refractivity contribution in [3.8, 4) is 0 Å². The molecular formula is C19H20N4O2. The van der Waals surface area contributed by atoms with E-state index >= 15 is 0 Å². The van der Waals surface area contributed by atoms with Crippen molar-refractivity contribution in [3.05, 3.63) is 59.4 Å². The monoisotopic (exact) mass is 336 g/mol. The van der Waals surface area contributed by atoms with Crippen molar-refractivity contribution >= 4 is 23.1 Å². The number of benzene rings is 1. The number of nitrogens with zero attached hydrogens (tertiary/aromatic N) is 4. The number of carboxylic acids is 1. The molecule has 0 aliphatic carbocycles. The molecular weight excluding hydrogens is 316 g/mol. The smallest absolute Gasteiger partial charge is 0.335 e. The summed E-state index contributed by atoms with van der Waals surface area (Å²) >= 11 is 0. The summed E-state index contributed by atoms with van der Waals surface area (Å²) in [5, 5.41) is 17.9. The molecule has 25 heavy (non-hydrogen) atoms. The molecule has 0 spiro atoms. The SMILES string of the molecule is Cc1ccc(C(=O)O)cc1N=Nc1c(C(C)(C)C)nc2ccccn12. The molecule has 0 unspecified atom stereocenters. The number of hydrogen-bond donors (Lipinski definition) is 1. The molecule has 0 aliphatic heterocycles. The maximum absolute atomic E-state index is 11.2. The summed E-state index contributed by atoms with van der Waals surface area (Å²) in [6.07, 6.45) is 1.90. The highest BCUT2D eigenvalue weighted by Crippen LogP contribution is 2.33. The zero-order valence-corrected chi connectivity index (χ0v) is 14.7. The first-order valence-electron chi connectivity index (χ1n) is 8.00. The van der Waals surface area contributed by atoms with Crippen molar-refractivity contribution in [1.82, 2.24) is 9.38 Å². The van der Waals surface area contributed by atoms with Crippen LogP contribution in [0.3, 0.4) is 0 Å². The van der Waals surface area contributed by atoms with E-state index in [0.717, 1.165) is 16.9 Å². The average Bonchev–Trinajstić information content (AvgIpc) is 2.93. The summed E-state index contributed by atoms with van der Waals surface area (Å²) < 4.78 is 1.89. The highest BCUT2D eigenvalue weighted by atomic mass is 16.4. The minimum atomic E-state index is -0.985. The third kappa shape index (κ3) is 3.28. The van der Waals surface area contributed by atoms with Crippen LogP contribution in [-0.2, 0) is 5.41 Å². The number of hydrogen-bond acceptors (Lipinski definition) is 4. The Morgan fingerprint density at radius 2 is 1.92 bits per heavy atom. The Labute approximate surface area is 145 Å². The van der Waals surface area contributed by atoms with Gasteiger partial charge in [-0.05, 0) is 36.8 Å². The van der Waals surface area contributed by atoms with E-state index < -0.39 is 5.97 Å². The molecule has 0 atom stereocenters. The van der Waals surface area contributed by atoms with Gasteiger partial charge in [0.05, 0.1) is 16.9 Å². The summed E-state index contributed by atoms with van der Waals surface area (Å²) in [4.78, 5) is 15.9. The second-order valence-corrected chi connectivity index (χ2v) is 6.97. The van der Waals surface area contributed by atoms with Crippen molar-refractivity contribution in [2.45, 2.75) is 33.1 Å². The fourth-order valence-corrected chi connectivity index (χ4v) is 2.53. The fraction of sp³-hybridized carbons (Fsp3) is 0.263. The normalized spacial score (nSPS) is 12.2. The lowest BCUT2D eigenvalue weighted by atomic mass is 9.92. The minimum Gasteiger partial charge on any atom is -0.478 e. The van der Waals surface area contributed by atoms with E-state index in [1.807, 2.05) is 35.7 Å². The molecule has 0 fully saturated rings. The van der Waals surface area contributed by atoms with E-state index in [2.05, 4.69) is 36.0 Å². The number of azo groups is 1. The lowest BCUT2D eigenvalue weighted by molar-refractivity contribution is 0.0697. The van der Waals surface area contributed by atoms with Gasteiger partial charge in [-0.15, -0.1) is 10.2 Å². The Morgan fingerprint density at radius 1 is 1.16 bits per heavy atom. The van der Waals surface area contributed by atoms with Crippen molar-refractivity contribution in [2.75, 3.05) is 0 Å². The number of carbonyl (C=O) groups is 1. The molecule has 1 aromatic carbocycles. The van der Waals surface area contributed by atoms with Gasteiger partial charge in [-0.3, -0.25) is 4.40 Å². The van der Waals surface area contributed by atoms with Crippen molar-refractivity contribution in [2.24, 2.45) is 10.2 Å². The minimum absolute atomic E-state index is 0.189. The Morgan fingerprint density at radius 3 is 2.60 bits per heavy atom. The van der Waals surface area contributed by atoms with Gasteiger partial charge in [-0.1, -0.05) is 32.9 Å². The number of aryl methyl sites for hydroxylation is 1. The Bertz CT molecular complexity index is 981. The van der Waals surface area contributed by atoms with Gasteiger partial charge >= 0.3 is 5.97 Å². The number of fused-ring (bicyclic) bond motifs is 1. The molecule has 6 nitrogen and oxygen atoms in total. The summed E-state index contributed by atoms with van der Waals surface area (Å²) in [6.45, 7) is 8.09. The maximum Gasteiger partial charge on any atom is 0.335 e. The first kappa shape index (κ1) is 16.8. The number of aromatic nitrogens is 2. The van der Waals surface area contributed by atoms with Crippen LogP contribution in [0.15, 0.2) is 52.8 Å². The van der Waals surface area contributed by atoms with Crippen LogP contribution in [0.2, 0.25) is 0 Å². The van der Waals surface area contributed by atoms with Gasteiger partial charge in [0.2, 0.25) is 0 Å². The summed E-state index contributed by atoms with van der Waals surface area (Å²) in [5.41, 5.74) is 3.03. The number of imidazole rings is 1. The molecule has 3 aromatic rings. The van der Waals surface area contributed by atoms with Gasteiger partial charge < -0.3 is 5.11 Å². The van der Waals surface area contributed by atoms with Crippen molar-refractivity contribution in [3.63, 3.8) is 0 Å². The van der Waals surface area contributed by atoms with E-state index in [9.17, 15) is 4.79 Å². The standard InChI is InChI=1S/C19H20N4O2/c1-12-8-9-13(18(24)25)11-14(12)21-22-17-16(19(2,3)4)20-15-7-5-6-10-23(15)17/h5-11H,1-4H3,(H,24,25). The lowest BCUT2D eigenvalue weighted by Gasteiger charge is -2.15. The summed E-state index contributed by atoms with van der Waals surface area (Å²) in [5.74, 6) is -0.329. The van der Waals surface area contributed by atoms with Crippen LogP contribution in [-0.4, -0.2) is 20.5 Å². The van der Waals surface area contributed by atoms with Gasteiger partial charge in [0.25, 0.3) is 0 Å². The molecule has 2 heterocycles. The van der Waals surface area contributed by atoms with E-state index in [0.29, 0.717) is 11.5 Å². The molecule has 0 saturated heterocycles. The Balaban J connectivity index is 2.13. The maximum atomic E-state index is 11.2. The van der Waals surface area contributed by atoms with Crippen molar-refractivity contribution in [1.29, 1.82) is 0 Å². The van der Waals surface area contributed by atoms with Crippen LogP contribution in [0.1, 0.15) is 42.4 Å². The highest BCUT2D eigenvalue weighted by molar-refractivity contribution is 5.88. The lowest BCUT2D eigenvalue weighted by Crippen LogP contribution is -2.11. The zero-order valence-electron chi connectivity index (χ0n) is 14.7. The van der Waals surface area contributed by atoms with E-state index in [-0.39, 0.29) is 11.0 Å². The second-order valence-electron chi connectivity index (χ2n) is 6.97. The molecule has 2 aromatic heterocycles. The van der Waals surface area contributed by atoms with Gasteiger partial charge in [-0.2, -0.15) is 0 Å². The largest absolute Gasteiger partial charge is 0.478 e. The number of rotatable bonds is 3. The predicted molar refractivity (Wildman–Crippen MR) is 96.2 cm³/mol. The second kappa shape index (κ2) is 6.12. The fourth-order valence-electron chi connectivity index (χ4n) is 2.53. The number of aromatic carboxylic acids is 1. The van der Waals surface area contributed by atoms with E-state index in [1.165, 1.54) is 6.07 Å².